The monoisotopic (exact) mass is 310 g/mol. The summed E-state index contributed by atoms with van der Waals surface area (Å²) >= 11 is 3.11. The lowest BCUT2D eigenvalue weighted by molar-refractivity contribution is 0.622. The van der Waals surface area contributed by atoms with Crippen molar-refractivity contribution in [3.05, 3.63) is 40.4 Å². The predicted molar refractivity (Wildman–Crippen MR) is 73.7 cm³/mol. The summed E-state index contributed by atoms with van der Waals surface area (Å²) in [6, 6.07) is 6.57. The smallest absolute Gasteiger partial charge is 0.139 e. The summed E-state index contributed by atoms with van der Waals surface area (Å²) in [6.07, 6.45) is 0. The third kappa shape index (κ3) is 2.95. The largest absolute Gasteiger partial charge is 0.373 e. The van der Waals surface area contributed by atoms with Crippen LogP contribution in [0.1, 0.15) is 5.82 Å². The van der Waals surface area contributed by atoms with Gasteiger partial charge in [0.1, 0.15) is 23.3 Å². The lowest BCUT2D eigenvalue weighted by Gasteiger charge is -2.08. The molecule has 2 rings (SSSR count). The molecular formula is C12H12BrFN4. The maximum atomic E-state index is 13.4. The van der Waals surface area contributed by atoms with E-state index in [1.807, 2.05) is 0 Å². The van der Waals surface area contributed by atoms with Crippen LogP contribution in [0.5, 0.6) is 0 Å². The van der Waals surface area contributed by atoms with Crippen LogP contribution in [-0.4, -0.2) is 17.0 Å². The standard InChI is InChI=1S/C12H12BrFN4/c1-7-16-11(15-2)6-12(17-7)18-8-3-4-9(13)10(14)5-8/h3-6H,1-2H3,(H2,15,16,17,18). The fourth-order valence-electron chi connectivity index (χ4n) is 1.48. The van der Waals surface area contributed by atoms with Crippen LogP contribution >= 0.6 is 15.9 Å². The van der Waals surface area contributed by atoms with Crippen molar-refractivity contribution in [3.8, 4) is 0 Å². The van der Waals surface area contributed by atoms with Gasteiger partial charge in [-0.1, -0.05) is 0 Å². The highest BCUT2D eigenvalue weighted by atomic mass is 79.9. The summed E-state index contributed by atoms with van der Waals surface area (Å²) in [5.41, 5.74) is 0.635. The van der Waals surface area contributed by atoms with Gasteiger partial charge in [-0.25, -0.2) is 14.4 Å². The molecule has 2 N–H and O–H groups in total. The lowest BCUT2D eigenvalue weighted by atomic mass is 10.3. The molecule has 2 aromatic rings. The zero-order chi connectivity index (χ0) is 13.1. The van der Waals surface area contributed by atoms with Crippen molar-refractivity contribution in [1.82, 2.24) is 9.97 Å². The van der Waals surface area contributed by atoms with Crippen LogP contribution in [0.3, 0.4) is 0 Å². The Bertz CT molecular complexity index is 574. The van der Waals surface area contributed by atoms with Crippen LogP contribution in [-0.2, 0) is 0 Å². The first-order valence-electron chi connectivity index (χ1n) is 5.34. The van der Waals surface area contributed by atoms with Gasteiger partial charge in [-0.3, -0.25) is 0 Å². The van der Waals surface area contributed by atoms with Crippen LogP contribution in [0, 0.1) is 12.7 Å². The SMILES string of the molecule is CNc1cc(Nc2ccc(Br)c(F)c2)nc(C)n1. The molecule has 0 amide bonds. The van der Waals surface area contributed by atoms with Gasteiger partial charge in [0, 0.05) is 18.8 Å². The first kappa shape index (κ1) is 12.8. The molecule has 0 unspecified atom stereocenters. The number of aryl methyl sites for hydroxylation is 1. The average molecular weight is 311 g/mol. The second-order valence-corrected chi connectivity index (χ2v) is 4.54. The van der Waals surface area contributed by atoms with Crippen molar-refractivity contribution < 1.29 is 4.39 Å². The second kappa shape index (κ2) is 5.30. The van der Waals surface area contributed by atoms with Crippen LogP contribution in [0.25, 0.3) is 0 Å². The predicted octanol–water partition coefficient (Wildman–Crippen LogP) is 3.47. The highest BCUT2D eigenvalue weighted by Crippen LogP contribution is 2.22. The van der Waals surface area contributed by atoms with Crippen molar-refractivity contribution in [2.75, 3.05) is 17.7 Å². The maximum absolute atomic E-state index is 13.4. The molecule has 0 saturated carbocycles. The van der Waals surface area contributed by atoms with E-state index in [-0.39, 0.29) is 5.82 Å². The zero-order valence-corrected chi connectivity index (χ0v) is 11.5. The lowest BCUT2D eigenvalue weighted by Crippen LogP contribution is -2.01. The average Bonchev–Trinajstić information content (AvgIpc) is 2.33. The van der Waals surface area contributed by atoms with Crippen LogP contribution in [0.4, 0.5) is 21.7 Å². The van der Waals surface area contributed by atoms with E-state index in [4.69, 9.17) is 0 Å². The summed E-state index contributed by atoms with van der Waals surface area (Å²) in [7, 11) is 1.78. The Hall–Kier alpha value is -1.69. The van der Waals surface area contributed by atoms with Crippen molar-refractivity contribution >= 4 is 33.3 Å². The first-order valence-corrected chi connectivity index (χ1v) is 6.13. The molecule has 0 atom stereocenters. The fourth-order valence-corrected chi connectivity index (χ4v) is 1.73. The van der Waals surface area contributed by atoms with Gasteiger partial charge in [0.05, 0.1) is 4.47 Å². The van der Waals surface area contributed by atoms with Crippen LogP contribution in [0.15, 0.2) is 28.7 Å². The molecule has 0 aliphatic heterocycles. The van der Waals surface area contributed by atoms with Crippen molar-refractivity contribution in [3.63, 3.8) is 0 Å². The number of anilines is 3. The molecule has 0 aliphatic carbocycles. The Kier molecular flexibility index (Phi) is 3.76. The molecule has 1 aromatic carbocycles. The zero-order valence-electron chi connectivity index (χ0n) is 9.96. The molecule has 0 aliphatic rings. The fraction of sp³-hybridized carbons (Fsp3) is 0.167. The molecule has 0 saturated heterocycles. The summed E-state index contributed by atoms with van der Waals surface area (Å²) in [5.74, 6) is 1.65. The first-order chi connectivity index (χ1) is 8.58. The van der Waals surface area contributed by atoms with Gasteiger partial charge in [-0.05, 0) is 41.1 Å². The molecular weight excluding hydrogens is 299 g/mol. The molecule has 6 heteroatoms. The Morgan fingerprint density at radius 2 is 1.89 bits per heavy atom. The highest BCUT2D eigenvalue weighted by molar-refractivity contribution is 9.10. The maximum Gasteiger partial charge on any atom is 0.139 e. The minimum absolute atomic E-state index is 0.320. The van der Waals surface area contributed by atoms with Gasteiger partial charge >= 0.3 is 0 Å². The number of nitrogens with one attached hydrogen (secondary N) is 2. The quantitative estimate of drug-likeness (QED) is 0.911. The van der Waals surface area contributed by atoms with Gasteiger partial charge in [0.15, 0.2) is 0 Å². The van der Waals surface area contributed by atoms with Crippen molar-refractivity contribution in [1.29, 1.82) is 0 Å². The normalized spacial score (nSPS) is 10.2. The molecule has 0 radical (unpaired) electrons. The van der Waals surface area contributed by atoms with E-state index >= 15 is 0 Å². The number of hydrogen-bond acceptors (Lipinski definition) is 4. The third-order valence-corrected chi connectivity index (χ3v) is 2.93. The van der Waals surface area contributed by atoms with Crippen molar-refractivity contribution in [2.24, 2.45) is 0 Å². The van der Waals surface area contributed by atoms with Gasteiger partial charge in [0.2, 0.25) is 0 Å². The number of nitrogens with zero attached hydrogens (tertiary/aromatic N) is 2. The van der Waals surface area contributed by atoms with E-state index in [1.165, 1.54) is 6.07 Å². The summed E-state index contributed by atoms with van der Waals surface area (Å²) in [6.45, 7) is 1.80. The Balaban J connectivity index is 2.27. The van der Waals surface area contributed by atoms with E-state index in [0.29, 0.717) is 27.6 Å². The molecule has 18 heavy (non-hydrogen) atoms. The molecule has 4 nitrogen and oxygen atoms in total. The Morgan fingerprint density at radius 1 is 1.17 bits per heavy atom. The summed E-state index contributed by atoms with van der Waals surface area (Å²) in [5, 5.41) is 5.98. The minimum Gasteiger partial charge on any atom is -0.373 e. The van der Waals surface area contributed by atoms with Gasteiger partial charge in [0.25, 0.3) is 0 Å². The molecule has 0 bridgehead atoms. The summed E-state index contributed by atoms with van der Waals surface area (Å²) < 4.78 is 13.8. The Labute approximate surface area is 113 Å². The van der Waals surface area contributed by atoms with E-state index in [1.54, 1.807) is 32.2 Å². The minimum atomic E-state index is -0.320. The van der Waals surface area contributed by atoms with E-state index < -0.39 is 0 Å². The molecule has 94 valence electrons. The third-order valence-electron chi connectivity index (χ3n) is 2.29. The molecule has 1 heterocycles. The highest BCUT2D eigenvalue weighted by Gasteiger charge is 2.04. The van der Waals surface area contributed by atoms with Crippen LogP contribution in [0.2, 0.25) is 0 Å². The Morgan fingerprint density at radius 3 is 2.56 bits per heavy atom. The van der Waals surface area contributed by atoms with Gasteiger partial charge in [-0.2, -0.15) is 0 Å². The second-order valence-electron chi connectivity index (χ2n) is 3.69. The molecule has 1 aromatic heterocycles. The number of aromatic nitrogens is 2. The van der Waals surface area contributed by atoms with Crippen LogP contribution < -0.4 is 10.6 Å². The van der Waals surface area contributed by atoms with Gasteiger partial charge < -0.3 is 10.6 Å². The van der Waals surface area contributed by atoms with E-state index in [9.17, 15) is 4.39 Å². The number of hydrogen-bond donors (Lipinski definition) is 2. The molecule has 0 fully saturated rings. The van der Waals surface area contributed by atoms with E-state index in [2.05, 4.69) is 36.5 Å². The topological polar surface area (TPSA) is 49.8 Å². The number of rotatable bonds is 3. The summed E-state index contributed by atoms with van der Waals surface area (Å²) in [4.78, 5) is 8.41. The van der Waals surface area contributed by atoms with E-state index in [0.717, 1.165) is 0 Å². The number of benzene rings is 1. The van der Waals surface area contributed by atoms with Crippen molar-refractivity contribution in [2.45, 2.75) is 6.92 Å². The molecule has 0 spiro atoms. The number of halogens is 2. The van der Waals surface area contributed by atoms with Gasteiger partial charge in [-0.15, -0.1) is 0 Å².